The van der Waals surface area contributed by atoms with Crippen molar-refractivity contribution in [2.45, 2.75) is 25.3 Å². The number of nitrogens with one attached hydrogen (secondary N) is 1. The Morgan fingerprint density at radius 1 is 1.57 bits per heavy atom. The first-order valence-corrected chi connectivity index (χ1v) is 4.27. The maximum atomic E-state index is 11.1. The number of hydrogen-bond donors (Lipinski definition) is 2. The summed E-state index contributed by atoms with van der Waals surface area (Å²) in [4.78, 5) is 32.0. The second-order valence-corrected chi connectivity index (χ2v) is 2.97. The van der Waals surface area contributed by atoms with Gasteiger partial charge in [-0.1, -0.05) is 0 Å². The molecule has 1 saturated heterocycles. The van der Waals surface area contributed by atoms with Gasteiger partial charge in [0.05, 0.1) is 6.42 Å². The third-order valence-electron chi connectivity index (χ3n) is 1.84. The molecule has 6 nitrogen and oxygen atoms in total. The van der Waals surface area contributed by atoms with E-state index in [9.17, 15) is 14.4 Å². The van der Waals surface area contributed by atoms with E-state index in [1.54, 1.807) is 0 Å². The van der Waals surface area contributed by atoms with E-state index >= 15 is 0 Å². The largest absolute Gasteiger partial charge is 0.481 e. The number of esters is 1. The summed E-state index contributed by atoms with van der Waals surface area (Å²) in [6, 6.07) is -0.601. The molecule has 0 aliphatic carbocycles. The van der Waals surface area contributed by atoms with Gasteiger partial charge in [0.1, 0.15) is 12.6 Å². The zero-order valence-electron chi connectivity index (χ0n) is 7.49. The first kappa shape index (κ1) is 10.5. The van der Waals surface area contributed by atoms with Gasteiger partial charge < -0.3 is 15.2 Å². The molecule has 6 heteroatoms. The van der Waals surface area contributed by atoms with Crippen molar-refractivity contribution in [3.63, 3.8) is 0 Å². The second kappa shape index (κ2) is 4.59. The maximum Gasteiger partial charge on any atom is 0.328 e. The summed E-state index contributed by atoms with van der Waals surface area (Å²) in [7, 11) is 0. The van der Waals surface area contributed by atoms with Crippen LogP contribution in [0.3, 0.4) is 0 Å². The molecule has 0 aromatic heterocycles. The Kier molecular flexibility index (Phi) is 3.44. The Hall–Kier alpha value is -1.59. The molecular weight excluding hydrogens is 190 g/mol. The molecule has 0 radical (unpaired) electrons. The number of carbonyl (C=O) groups is 3. The Labute approximate surface area is 80.2 Å². The first-order valence-electron chi connectivity index (χ1n) is 4.27. The highest BCUT2D eigenvalue weighted by Crippen LogP contribution is 2.07. The first-order chi connectivity index (χ1) is 6.59. The number of carboxylic acid groups (broad SMARTS) is 1. The smallest absolute Gasteiger partial charge is 0.328 e. The van der Waals surface area contributed by atoms with Crippen molar-refractivity contribution in [1.29, 1.82) is 0 Å². The molecule has 1 aliphatic heterocycles. The van der Waals surface area contributed by atoms with Gasteiger partial charge in [-0.25, -0.2) is 4.79 Å². The number of amides is 1. The van der Waals surface area contributed by atoms with Gasteiger partial charge in [0.2, 0.25) is 5.91 Å². The highest BCUT2D eigenvalue weighted by molar-refractivity contribution is 5.88. The van der Waals surface area contributed by atoms with E-state index in [1.165, 1.54) is 0 Å². The lowest BCUT2D eigenvalue weighted by molar-refractivity contribution is -0.148. The topological polar surface area (TPSA) is 92.7 Å². The van der Waals surface area contributed by atoms with Crippen LogP contribution in [0.4, 0.5) is 0 Å². The van der Waals surface area contributed by atoms with E-state index in [0.717, 1.165) is 0 Å². The van der Waals surface area contributed by atoms with Crippen molar-refractivity contribution in [3.8, 4) is 0 Å². The number of rotatable bonds is 4. The molecule has 0 aromatic rings. The van der Waals surface area contributed by atoms with E-state index in [2.05, 4.69) is 10.1 Å². The van der Waals surface area contributed by atoms with E-state index < -0.39 is 18.0 Å². The van der Waals surface area contributed by atoms with Crippen molar-refractivity contribution in [2.75, 3.05) is 6.61 Å². The van der Waals surface area contributed by atoms with Gasteiger partial charge in [0.25, 0.3) is 0 Å². The molecule has 14 heavy (non-hydrogen) atoms. The minimum atomic E-state index is -1.02. The Morgan fingerprint density at radius 3 is 2.79 bits per heavy atom. The number of ether oxygens (including phenoxy) is 1. The summed E-state index contributed by atoms with van der Waals surface area (Å²) >= 11 is 0. The minimum absolute atomic E-state index is 0.152. The average Bonchev–Trinajstić information content (AvgIpc) is 2.51. The van der Waals surface area contributed by atoms with Crippen LogP contribution < -0.4 is 5.32 Å². The fraction of sp³-hybridized carbons (Fsp3) is 0.625. The van der Waals surface area contributed by atoms with Crippen LogP contribution in [-0.2, 0) is 19.1 Å². The van der Waals surface area contributed by atoms with Crippen molar-refractivity contribution in [2.24, 2.45) is 0 Å². The molecule has 1 fully saturated rings. The lowest BCUT2D eigenvalue weighted by Gasteiger charge is -2.08. The number of aliphatic carboxylic acids is 1. The van der Waals surface area contributed by atoms with Gasteiger partial charge in [0, 0.05) is 6.42 Å². The molecule has 0 unspecified atom stereocenters. The van der Waals surface area contributed by atoms with Crippen LogP contribution in [0.5, 0.6) is 0 Å². The van der Waals surface area contributed by atoms with Crippen LogP contribution in [-0.4, -0.2) is 35.6 Å². The molecule has 1 aliphatic rings. The maximum absolute atomic E-state index is 11.1. The third-order valence-corrected chi connectivity index (χ3v) is 1.84. The summed E-state index contributed by atoms with van der Waals surface area (Å²) < 4.78 is 4.65. The van der Waals surface area contributed by atoms with E-state index in [-0.39, 0.29) is 18.9 Å². The van der Waals surface area contributed by atoms with Crippen molar-refractivity contribution < 1.29 is 24.2 Å². The van der Waals surface area contributed by atoms with Gasteiger partial charge in [0.15, 0.2) is 0 Å². The Morgan fingerprint density at radius 2 is 2.29 bits per heavy atom. The molecule has 1 amide bonds. The molecule has 0 spiro atoms. The highest BCUT2D eigenvalue weighted by atomic mass is 16.5. The van der Waals surface area contributed by atoms with Crippen LogP contribution in [0.15, 0.2) is 0 Å². The highest BCUT2D eigenvalue weighted by Gasteiger charge is 2.28. The zero-order valence-corrected chi connectivity index (χ0v) is 7.49. The monoisotopic (exact) mass is 201 g/mol. The third kappa shape index (κ3) is 3.04. The molecule has 2 N–H and O–H groups in total. The van der Waals surface area contributed by atoms with Gasteiger partial charge in [-0.05, 0) is 6.42 Å². The number of hydrogen-bond acceptors (Lipinski definition) is 4. The summed E-state index contributed by atoms with van der Waals surface area (Å²) in [5, 5.41) is 10.7. The molecule has 1 atom stereocenters. The van der Waals surface area contributed by atoms with Crippen LogP contribution >= 0.6 is 0 Å². The average molecular weight is 201 g/mol. The van der Waals surface area contributed by atoms with Crippen molar-refractivity contribution >= 4 is 17.8 Å². The molecule has 1 rings (SSSR count). The molecule has 1 heterocycles. The van der Waals surface area contributed by atoms with Gasteiger partial charge in [-0.3, -0.25) is 9.59 Å². The van der Waals surface area contributed by atoms with Crippen LogP contribution in [0.2, 0.25) is 0 Å². The quantitative estimate of drug-likeness (QED) is 0.586. The van der Waals surface area contributed by atoms with E-state index in [4.69, 9.17) is 5.11 Å². The fourth-order valence-corrected chi connectivity index (χ4v) is 1.13. The predicted octanol–water partition coefficient (Wildman–Crippen LogP) is -0.717. The lowest BCUT2D eigenvalue weighted by Crippen LogP contribution is -2.34. The van der Waals surface area contributed by atoms with Crippen molar-refractivity contribution in [3.05, 3.63) is 0 Å². The Bertz CT molecular complexity index is 262. The fourth-order valence-electron chi connectivity index (χ4n) is 1.13. The predicted molar refractivity (Wildman–Crippen MR) is 44.4 cm³/mol. The molecule has 0 bridgehead atoms. The number of carbonyl (C=O) groups excluding carboxylic acids is 2. The molecule has 0 saturated carbocycles. The van der Waals surface area contributed by atoms with Crippen LogP contribution in [0.1, 0.15) is 19.3 Å². The van der Waals surface area contributed by atoms with E-state index in [0.29, 0.717) is 12.8 Å². The molecular formula is C8H11NO5. The van der Waals surface area contributed by atoms with E-state index in [1.807, 2.05) is 0 Å². The summed E-state index contributed by atoms with van der Waals surface area (Å²) in [5.41, 5.74) is 0. The number of carboxylic acids is 1. The Balaban J connectivity index is 2.22. The minimum Gasteiger partial charge on any atom is -0.481 e. The lowest BCUT2D eigenvalue weighted by atomic mass is 10.2. The standard InChI is InChI=1S/C8H11NO5/c10-6-2-1-5(9-6)8(13)14-4-3-7(11)12/h5H,1-4H2,(H,9,10)(H,11,12)/t5-/m0/s1. The van der Waals surface area contributed by atoms with Crippen LogP contribution in [0.25, 0.3) is 0 Å². The summed E-state index contributed by atoms with van der Waals surface area (Å²) in [6.07, 6.45) is 0.524. The SMILES string of the molecule is O=C(O)CCOC(=O)[C@@H]1CCC(=O)N1. The normalized spacial score (nSPS) is 20.3. The summed E-state index contributed by atoms with van der Waals surface area (Å²) in [6.45, 7) is -0.152. The molecule has 78 valence electrons. The second-order valence-electron chi connectivity index (χ2n) is 2.97. The van der Waals surface area contributed by atoms with Crippen molar-refractivity contribution in [1.82, 2.24) is 5.32 Å². The molecule has 0 aromatic carbocycles. The van der Waals surface area contributed by atoms with Crippen LogP contribution in [0, 0.1) is 0 Å². The van der Waals surface area contributed by atoms with Gasteiger partial charge in [-0.15, -0.1) is 0 Å². The zero-order chi connectivity index (χ0) is 10.6. The van der Waals surface area contributed by atoms with Gasteiger partial charge in [-0.2, -0.15) is 0 Å². The summed E-state index contributed by atoms with van der Waals surface area (Å²) in [5.74, 6) is -1.75. The van der Waals surface area contributed by atoms with Gasteiger partial charge >= 0.3 is 11.9 Å².